The second-order valence-corrected chi connectivity index (χ2v) is 7.14. The molecule has 0 aromatic heterocycles. The summed E-state index contributed by atoms with van der Waals surface area (Å²) in [7, 11) is 1.62. The van der Waals surface area contributed by atoms with Crippen LogP contribution in [0.1, 0.15) is 6.92 Å². The van der Waals surface area contributed by atoms with Gasteiger partial charge in [-0.25, -0.2) is 0 Å². The SMILES string of the molecule is COc1ccc(OC[C@H](C)NC(=O)COc2ccc3ccccc3c2Br)cc1. The van der Waals surface area contributed by atoms with Gasteiger partial charge in [-0.2, -0.15) is 0 Å². The van der Waals surface area contributed by atoms with Gasteiger partial charge in [-0.3, -0.25) is 4.79 Å². The predicted octanol–water partition coefficient (Wildman–Crippen LogP) is 4.57. The summed E-state index contributed by atoms with van der Waals surface area (Å²) in [6.07, 6.45) is 0. The molecule has 146 valence electrons. The molecule has 3 aromatic carbocycles. The van der Waals surface area contributed by atoms with Crippen molar-refractivity contribution in [2.45, 2.75) is 13.0 Å². The summed E-state index contributed by atoms with van der Waals surface area (Å²) in [4.78, 5) is 12.2. The first-order valence-corrected chi connectivity index (χ1v) is 9.72. The van der Waals surface area contributed by atoms with Crippen LogP contribution in [0.3, 0.4) is 0 Å². The number of rotatable bonds is 8. The lowest BCUT2D eigenvalue weighted by molar-refractivity contribution is -0.123. The minimum absolute atomic E-state index is 0.0657. The highest BCUT2D eigenvalue weighted by atomic mass is 79.9. The lowest BCUT2D eigenvalue weighted by Crippen LogP contribution is -2.39. The number of methoxy groups -OCH3 is 1. The Morgan fingerprint density at radius 1 is 1.00 bits per heavy atom. The molecule has 0 aliphatic rings. The zero-order chi connectivity index (χ0) is 19.9. The van der Waals surface area contributed by atoms with Crippen LogP contribution in [0, 0.1) is 0 Å². The zero-order valence-corrected chi connectivity index (χ0v) is 17.4. The monoisotopic (exact) mass is 443 g/mol. The van der Waals surface area contributed by atoms with Crippen molar-refractivity contribution in [2.24, 2.45) is 0 Å². The van der Waals surface area contributed by atoms with Gasteiger partial charge in [0.25, 0.3) is 5.91 Å². The molecule has 0 radical (unpaired) electrons. The maximum Gasteiger partial charge on any atom is 0.258 e. The van der Waals surface area contributed by atoms with Crippen molar-refractivity contribution in [1.29, 1.82) is 0 Å². The highest BCUT2D eigenvalue weighted by Crippen LogP contribution is 2.32. The molecule has 6 heteroatoms. The molecule has 0 aliphatic carbocycles. The van der Waals surface area contributed by atoms with Gasteiger partial charge in [-0.15, -0.1) is 0 Å². The maximum atomic E-state index is 12.2. The van der Waals surface area contributed by atoms with Gasteiger partial charge >= 0.3 is 0 Å². The number of benzene rings is 3. The molecule has 1 amide bonds. The van der Waals surface area contributed by atoms with Crippen molar-refractivity contribution in [2.75, 3.05) is 20.3 Å². The van der Waals surface area contributed by atoms with Gasteiger partial charge in [0.05, 0.1) is 17.6 Å². The molecule has 28 heavy (non-hydrogen) atoms. The fraction of sp³-hybridized carbons (Fsp3) is 0.227. The van der Waals surface area contributed by atoms with Gasteiger partial charge in [-0.05, 0) is 64.0 Å². The van der Waals surface area contributed by atoms with Crippen molar-refractivity contribution in [3.05, 3.63) is 65.1 Å². The molecule has 0 fully saturated rings. The molecule has 5 nitrogen and oxygen atoms in total. The molecular weight excluding hydrogens is 422 g/mol. The molecule has 0 heterocycles. The fourth-order valence-corrected chi connectivity index (χ4v) is 3.33. The molecule has 0 saturated heterocycles. The summed E-state index contributed by atoms with van der Waals surface area (Å²) >= 11 is 3.56. The van der Waals surface area contributed by atoms with E-state index >= 15 is 0 Å². The molecular formula is C22H22BrNO4. The summed E-state index contributed by atoms with van der Waals surface area (Å²) in [5.41, 5.74) is 0. The smallest absolute Gasteiger partial charge is 0.258 e. The molecule has 0 spiro atoms. The van der Waals surface area contributed by atoms with Crippen LogP contribution >= 0.6 is 15.9 Å². The predicted molar refractivity (Wildman–Crippen MR) is 113 cm³/mol. The van der Waals surface area contributed by atoms with Crippen molar-refractivity contribution in [3.63, 3.8) is 0 Å². The molecule has 0 aliphatic heterocycles. The number of carbonyl (C=O) groups excluding carboxylic acids is 1. The number of carbonyl (C=O) groups is 1. The number of ether oxygens (including phenoxy) is 3. The minimum atomic E-state index is -0.203. The third-order valence-electron chi connectivity index (χ3n) is 4.15. The first-order chi connectivity index (χ1) is 13.6. The Bertz CT molecular complexity index is 943. The van der Waals surface area contributed by atoms with Gasteiger partial charge in [0.1, 0.15) is 23.9 Å². The van der Waals surface area contributed by atoms with E-state index in [2.05, 4.69) is 21.2 Å². The number of hydrogen-bond donors (Lipinski definition) is 1. The van der Waals surface area contributed by atoms with E-state index in [1.165, 1.54) is 0 Å². The number of hydrogen-bond acceptors (Lipinski definition) is 4. The van der Waals surface area contributed by atoms with Crippen molar-refractivity contribution in [3.8, 4) is 17.2 Å². The topological polar surface area (TPSA) is 56.8 Å². The van der Waals surface area contributed by atoms with E-state index in [4.69, 9.17) is 14.2 Å². The summed E-state index contributed by atoms with van der Waals surface area (Å²) in [6.45, 7) is 2.18. The summed E-state index contributed by atoms with van der Waals surface area (Å²) in [5, 5.41) is 5.02. The van der Waals surface area contributed by atoms with Gasteiger partial charge < -0.3 is 19.5 Å². The normalized spacial score (nSPS) is 11.7. The number of amides is 1. The van der Waals surface area contributed by atoms with Crippen LogP contribution in [0.2, 0.25) is 0 Å². The van der Waals surface area contributed by atoms with Gasteiger partial charge in [0.15, 0.2) is 6.61 Å². The Kier molecular flexibility index (Phi) is 6.76. The Hall–Kier alpha value is -2.73. The highest BCUT2D eigenvalue weighted by Gasteiger charge is 2.11. The van der Waals surface area contributed by atoms with Crippen LogP contribution in [-0.2, 0) is 4.79 Å². The average Bonchev–Trinajstić information content (AvgIpc) is 2.72. The maximum absolute atomic E-state index is 12.2. The molecule has 1 N–H and O–H groups in total. The van der Waals surface area contributed by atoms with E-state index < -0.39 is 0 Å². The van der Waals surface area contributed by atoms with Crippen LogP contribution in [0.5, 0.6) is 17.2 Å². The van der Waals surface area contributed by atoms with E-state index in [0.717, 1.165) is 26.7 Å². The van der Waals surface area contributed by atoms with E-state index in [-0.39, 0.29) is 18.6 Å². The van der Waals surface area contributed by atoms with Crippen LogP contribution < -0.4 is 19.5 Å². The quantitative estimate of drug-likeness (QED) is 0.553. The lowest BCUT2D eigenvalue weighted by atomic mass is 10.1. The average molecular weight is 444 g/mol. The van der Waals surface area contributed by atoms with Crippen LogP contribution in [0.15, 0.2) is 65.1 Å². The Balaban J connectivity index is 1.47. The largest absolute Gasteiger partial charge is 0.497 e. The molecule has 0 unspecified atom stereocenters. The summed E-state index contributed by atoms with van der Waals surface area (Å²) in [5.74, 6) is 1.92. The molecule has 3 rings (SSSR count). The molecule has 0 bridgehead atoms. The number of fused-ring (bicyclic) bond motifs is 1. The number of halogens is 1. The number of nitrogens with one attached hydrogen (secondary N) is 1. The van der Waals surface area contributed by atoms with Crippen LogP contribution in [-0.4, -0.2) is 32.3 Å². The van der Waals surface area contributed by atoms with Gasteiger partial charge in [0.2, 0.25) is 0 Å². The highest BCUT2D eigenvalue weighted by molar-refractivity contribution is 9.10. The molecule has 0 saturated carbocycles. The third-order valence-corrected chi connectivity index (χ3v) is 4.97. The summed E-state index contributed by atoms with van der Waals surface area (Å²) < 4.78 is 17.3. The lowest BCUT2D eigenvalue weighted by Gasteiger charge is -2.16. The van der Waals surface area contributed by atoms with Crippen LogP contribution in [0.4, 0.5) is 0 Å². The zero-order valence-electron chi connectivity index (χ0n) is 15.8. The van der Waals surface area contributed by atoms with E-state index in [1.807, 2.05) is 67.6 Å². The second-order valence-electron chi connectivity index (χ2n) is 6.34. The van der Waals surface area contributed by atoms with Gasteiger partial charge in [-0.1, -0.05) is 30.3 Å². The van der Waals surface area contributed by atoms with Crippen molar-refractivity contribution >= 4 is 32.6 Å². The standard InChI is InChI=1S/C22H22BrNO4/c1-15(13-27-18-10-8-17(26-2)9-11-18)24-21(25)14-28-20-12-7-16-5-3-4-6-19(16)22(20)23/h3-12,15H,13-14H2,1-2H3,(H,24,25)/t15-/m0/s1. The summed E-state index contributed by atoms with van der Waals surface area (Å²) in [6, 6.07) is 19.0. The molecule has 1 atom stereocenters. The first-order valence-electron chi connectivity index (χ1n) is 8.93. The Labute approximate surface area is 172 Å². The fourth-order valence-electron chi connectivity index (χ4n) is 2.72. The van der Waals surface area contributed by atoms with E-state index in [1.54, 1.807) is 7.11 Å². The van der Waals surface area contributed by atoms with Crippen molar-refractivity contribution in [1.82, 2.24) is 5.32 Å². The minimum Gasteiger partial charge on any atom is -0.497 e. The van der Waals surface area contributed by atoms with Gasteiger partial charge in [0, 0.05) is 0 Å². The van der Waals surface area contributed by atoms with E-state index in [9.17, 15) is 4.79 Å². The second kappa shape index (κ2) is 9.46. The molecule has 3 aromatic rings. The third kappa shape index (κ3) is 5.16. The first kappa shape index (κ1) is 20.0. The van der Waals surface area contributed by atoms with E-state index in [0.29, 0.717) is 12.4 Å². The Morgan fingerprint density at radius 2 is 1.71 bits per heavy atom. The van der Waals surface area contributed by atoms with Crippen molar-refractivity contribution < 1.29 is 19.0 Å². The van der Waals surface area contributed by atoms with Crippen LogP contribution in [0.25, 0.3) is 10.8 Å². The Morgan fingerprint density at radius 3 is 2.46 bits per heavy atom.